The molecule has 10 N–H and O–H groups in total. The molecule has 2 fully saturated rings. The number of terminal acetylenes is 1. The molecule has 212 valence electrons. The highest BCUT2D eigenvalue weighted by atomic mass is 16.7. The fraction of sp³-hybridized carbons (Fsp3) is 0.810. The molecule has 0 aliphatic carbocycles. The third kappa shape index (κ3) is 7.32. The zero-order valence-corrected chi connectivity index (χ0v) is 19.6. The van der Waals surface area contributed by atoms with Crippen molar-refractivity contribution in [1.82, 2.24) is 5.32 Å². The van der Waals surface area contributed by atoms with Gasteiger partial charge in [0.2, 0.25) is 5.91 Å². The van der Waals surface area contributed by atoms with E-state index in [1.54, 1.807) is 0 Å². The summed E-state index contributed by atoms with van der Waals surface area (Å²) in [4.78, 5) is 23.9. The molecule has 0 radical (unpaired) electrons. The van der Waals surface area contributed by atoms with Crippen LogP contribution in [-0.2, 0) is 28.5 Å². The molecule has 0 aromatic heterocycles. The average molecular weight is 539 g/mol. The Morgan fingerprint density at radius 1 is 1.14 bits per heavy atom. The smallest absolute Gasteiger partial charge is 0.364 e. The van der Waals surface area contributed by atoms with Crippen LogP contribution in [0.2, 0.25) is 0 Å². The maximum atomic E-state index is 12.2. The van der Waals surface area contributed by atoms with Crippen molar-refractivity contribution in [3.05, 3.63) is 0 Å². The van der Waals surface area contributed by atoms with Crippen LogP contribution in [0.1, 0.15) is 12.8 Å². The summed E-state index contributed by atoms with van der Waals surface area (Å²) in [5.41, 5.74) is 0. The first kappa shape index (κ1) is 31.2. The van der Waals surface area contributed by atoms with Crippen LogP contribution in [0, 0.1) is 12.3 Å². The van der Waals surface area contributed by atoms with Gasteiger partial charge in [0.05, 0.1) is 32.0 Å². The van der Waals surface area contributed by atoms with Crippen molar-refractivity contribution in [3.63, 3.8) is 0 Å². The van der Waals surface area contributed by atoms with E-state index in [0.717, 1.165) is 0 Å². The molecule has 37 heavy (non-hydrogen) atoms. The number of hydrogen-bond donors (Lipinski definition) is 10. The molecule has 0 saturated carbocycles. The van der Waals surface area contributed by atoms with Crippen LogP contribution in [0.5, 0.6) is 0 Å². The van der Waals surface area contributed by atoms with Gasteiger partial charge in [-0.1, -0.05) is 0 Å². The summed E-state index contributed by atoms with van der Waals surface area (Å²) < 4.78 is 21.4. The summed E-state index contributed by atoms with van der Waals surface area (Å²) >= 11 is 0. The van der Waals surface area contributed by atoms with E-state index >= 15 is 0 Å². The summed E-state index contributed by atoms with van der Waals surface area (Å²) in [5, 5.41) is 91.7. The monoisotopic (exact) mass is 539 g/mol. The Bertz CT molecular complexity index is 807. The van der Waals surface area contributed by atoms with Gasteiger partial charge in [0, 0.05) is 12.8 Å². The number of nitrogens with one attached hydrogen (secondary N) is 1. The van der Waals surface area contributed by atoms with Gasteiger partial charge in [-0.2, -0.15) is 0 Å². The average Bonchev–Trinajstić information content (AvgIpc) is 2.88. The standard InChI is InChI=1S/C21H33NO15/c1-2-3-4-34-19-17(31)16(30)15(29)11(36-19)8-35-21(20(32)33)5-9(25)13(22-12(27)7-24)18(37-21)14(28)10(26)6-23/h1,9-11,13-19,23-26,28-31H,3-8H2,(H,22,27)(H,32,33)/t9-,10+,11-,13+,14+,15+,16+,17-,18+,19-,21-/m1/s1. The van der Waals surface area contributed by atoms with Crippen molar-refractivity contribution in [3.8, 4) is 12.3 Å². The zero-order valence-electron chi connectivity index (χ0n) is 19.6. The van der Waals surface area contributed by atoms with Crippen molar-refractivity contribution < 1.29 is 74.5 Å². The number of carbonyl (C=O) groups is 2. The van der Waals surface area contributed by atoms with Crippen LogP contribution in [0.3, 0.4) is 0 Å². The number of aliphatic carboxylic acids is 1. The minimum Gasteiger partial charge on any atom is -0.477 e. The lowest BCUT2D eigenvalue weighted by Gasteiger charge is -2.47. The fourth-order valence-electron chi connectivity index (χ4n) is 3.92. The van der Waals surface area contributed by atoms with Crippen LogP contribution < -0.4 is 5.32 Å². The Morgan fingerprint density at radius 3 is 2.38 bits per heavy atom. The Labute approximate surface area is 211 Å². The van der Waals surface area contributed by atoms with Gasteiger partial charge in [-0.15, -0.1) is 12.3 Å². The minimum atomic E-state index is -2.75. The van der Waals surface area contributed by atoms with E-state index in [-0.39, 0.29) is 13.0 Å². The molecular formula is C21H33NO15. The molecule has 2 aliphatic rings. The highest BCUT2D eigenvalue weighted by Gasteiger charge is 2.56. The number of amides is 1. The number of aliphatic hydroxyl groups is 8. The second-order valence-electron chi connectivity index (χ2n) is 8.55. The topological polar surface area (TPSA) is 265 Å². The molecule has 2 rings (SSSR count). The fourth-order valence-corrected chi connectivity index (χ4v) is 3.92. The van der Waals surface area contributed by atoms with E-state index < -0.39 is 105 Å². The van der Waals surface area contributed by atoms with Crippen LogP contribution in [0.25, 0.3) is 0 Å². The molecule has 0 aromatic rings. The molecule has 0 spiro atoms. The number of carboxylic acid groups (broad SMARTS) is 1. The van der Waals surface area contributed by atoms with Gasteiger partial charge in [0.15, 0.2) is 6.29 Å². The van der Waals surface area contributed by atoms with Gasteiger partial charge >= 0.3 is 5.97 Å². The molecule has 16 heteroatoms. The van der Waals surface area contributed by atoms with E-state index in [0.29, 0.717) is 0 Å². The summed E-state index contributed by atoms with van der Waals surface area (Å²) in [6.45, 7) is -2.90. The first-order chi connectivity index (χ1) is 17.4. The van der Waals surface area contributed by atoms with Crippen molar-refractivity contribution in [1.29, 1.82) is 0 Å². The van der Waals surface area contributed by atoms with Crippen molar-refractivity contribution >= 4 is 11.9 Å². The summed E-state index contributed by atoms with van der Waals surface area (Å²) in [7, 11) is 0. The van der Waals surface area contributed by atoms with Crippen LogP contribution >= 0.6 is 0 Å². The van der Waals surface area contributed by atoms with Crippen LogP contribution in [0.4, 0.5) is 0 Å². The lowest BCUT2D eigenvalue weighted by molar-refractivity contribution is -0.338. The van der Waals surface area contributed by atoms with Gasteiger partial charge in [0.25, 0.3) is 5.79 Å². The summed E-state index contributed by atoms with van der Waals surface area (Å²) in [5.74, 6) is -3.29. The highest BCUT2D eigenvalue weighted by molar-refractivity contribution is 5.78. The summed E-state index contributed by atoms with van der Waals surface area (Å²) in [6, 6.07) is -1.55. The molecule has 0 unspecified atom stereocenters. The maximum Gasteiger partial charge on any atom is 0.364 e. The molecule has 0 bridgehead atoms. The Kier molecular flexibility index (Phi) is 11.6. The van der Waals surface area contributed by atoms with E-state index in [1.165, 1.54) is 0 Å². The molecule has 2 heterocycles. The van der Waals surface area contributed by atoms with Gasteiger partial charge in [0.1, 0.15) is 49.3 Å². The SMILES string of the molecule is C#CCCO[C@@H]1O[C@H](CO[C@]2(C(=O)O)C[C@@H](O)[C@H](NC(=O)CO)[C@@H]([C@@H](O)[C@@H](O)CO)O2)[C@H](O)[C@H](O)[C@H]1O. The second kappa shape index (κ2) is 13.7. The first-order valence-electron chi connectivity index (χ1n) is 11.3. The molecule has 0 aromatic carbocycles. The van der Waals surface area contributed by atoms with Crippen molar-refractivity contribution in [2.45, 2.75) is 79.8 Å². The van der Waals surface area contributed by atoms with E-state index in [2.05, 4.69) is 11.2 Å². The number of ether oxygens (including phenoxy) is 4. The number of carboxylic acids is 1. The lowest BCUT2D eigenvalue weighted by Crippen LogP contribution is -2.68. The van der Waals surface area contributed by atoms with Crippen molar-refractivity contribution in [2.24, 2.45) is 0 Å². The number of rotatable bonds is 12. The number of carbonyl (C=O) groups excluding carboxylic acids is 1. The third-order valence-corrected chi connectivity index (χ3v) is 5.97. The van der Waals surface area contributed by atoms with Gasteiger partial charge in [-0.25, -0.2) is 4.79 Å². The zero-order chi connectivity index (χ0) is 27.9. The Morgan fingerprint density at radius 2 is 1.81 bits per heavy atom. The minimum absolute atomic E-state index is 0.0727. The van der Waals surface area contributed by atoms with Gasteiger partial charge in [-0.05, 0) is 0 Å². The molecular weight excluding hydrogens is 506 g/mol. The van der Waals surface area contributed by atoms with Crippen molar-refractivity contribution in [2.75, 3.05) is 26.4 Å². The third-order valence-electron chi connectivity index (χ3n) is 5.97. The van der Waals surface area contributed by atoms with Crippen LogP contribution in [0.15, 0.2) is 0 Å². The largest absolute Gasteiger partial charge is 0.477 e. The van der Waals surface area contributed by atoms with Gasteiger partial charge < -0.3 is 70.2 Å². The van der Waals surface area contributed by atoms with E-state index in [1.807, 2.05) is 0 Å². The Hall–Kier alpha value is -1.98. The summed E-state index contributed by atoms with van der Waals surface area (Å²) in [6.07, 6.45) is -11.4. The maximum absolute atomic E-state index is 12.2. The molecule has 16 nitrogen and oxygen atoms in total. The first-order valence-corrected chi connectivity index (χ1v) is 11.3. The molecule has 2 aliphatic heterocycles. The predicted molar refractivity (Wildman–Crippen MR) is 116 cm³/mol. The molecule has 2 saturated heterocycles. The predicted octanol–water partition coefficient (Wildman–Crippen LogP) is -6.03. The van der Waals surface area contributed by atoms with E-state index in [4.69, 9.17) is 30.5 Å². The van der Waals surface area contributed by atoms with Crippen LogP contribution in [-0.4, -0.2) is 151 Å². The van der Waals surface area contributed by atoms with Gasteiger partial charge in [-0.3, -0.25) is 4.79 Å². The highest BCUT2D eigenvalue weighted by Crippen LogP contribution is 2.34. The molecule has 1 amide bonds. The quantitative estimate of drug-likeness (QED) is 0.0817. The normalized spacial score (nSPS) is 37.8. The molecule has 11 atom stereocenters. The Balaban J connectivity index is 2.26. The number of aliphatic hydroxyl groups excluding tert-OH is 8. The lowest BCUT2D eigenvalue weighted by atomic mass is 9.88. The second-order valence-corrected chi connectivity index (χ2v) is 8.55. The number of hydrogen-bond acceptors (Lipinski definition) is 14. The van der Waals surface area contributed by atoms with E-state index in [9.17, 15) is 50.4 Å².